The summed E-state index contributed by atoms with van der Waals surface area (Å²) in [5.74, 6) is -0.154. The van der Waals surface area contributed by atoms with Crippen LogP contribution in [0.2, 0.25) is 0 Å². The lowest BCUT2D eigenvalue weighted by molar-refractivity contribution is -0.111. The fraction of sp³-hybridized carbons (Fsp3) is 0.160. The summed E-state index contributed by atoms with van der Waals surface area (Å²) < 4.78 is 20.9. The maximum absolute atomic E-state index is 13.3. The van der Waals surface area contributed by atoms with Gasteiger partial charge in [0.05, 0.1) is 21.3 Å². The number of carbonyl (C=O) groups is 2. The molecule has 0 bridgehead atoms. The van der Waals surface area contributed by atoms with Gasteiger partial charge in [-0.1, -0.05) is 36.4 Å². The SMILES string of the molecule is COC(=O)c1c(C)oc(NC(=O)/C(=C/c2ccc(OC)c(OC)c2)c2ccccc2)c1C#N. The van der Waals surface area contributed by atoms with Gasteiger partial charge in [-0.3, -0.25) is 10.1 Å². The number of carbonyl (C=O) groups excluding carboxylic acids is 2. The number of hydrogen-bond acceptors (Lipinski definition) is 7. The number of benzene rings is 2. The van der Waals surface area contributed by atoms with E-state index in [-0.39, 0.29) is 22.8 Å². The molecule has 1 aromatic heterocycles. The number of methoxy groups -OCH3 is 3. The van der Waals surface area contributed by atoms with Crippen LogP contribution in [0.4, 0.5) is 5.88 Å². The molecule has 1 amide bonds. The number of anilines is 1. The maximum atomic E-state index is 13.3. The van der Waals surface area contributed by atoms with E-state index in [2.05, 4.69) is 5.32 Å². The summed E-state index contributed by atoms with van der Waals surface area (Å²) >= 11 is 0. The molecule has 1 heterocycles. The highest BCUT2D eigenvalue weighted by Crippen LogP contribution is 2.31. The number of nitriles is 1. The van der Waals surface area contributed by atoms with Gasteiger partial charge < -0.3 is 18.6 Å². The zero-order chi connectivity index (χ0) is 24.0. The first-order chi connectivity index (χ1) is 15.9. The molecule has 3 rings (SSSR count). The van der Waals surface area contributed by atoms with Crippen molar-refractivity contribution in [3.63, 3.8) is 0 Å². The van der Waals surface area contributed by atoms with Gasteiger partial charge in [-0.15, -0.1) is 0 Å². The summed E-state index contributed by atoms with van der Waals surface area (Å²) in [5.41, 5.74) is 1.50. The molecule has 0 aliphatic heterocycles. The van der Waals surface area contributed by atoms with Gasteiger partial charge in [0.2, 0.25) is 5.88 Å². The van der Waals surface area contributed by atoms with Crippen molar-refractivity contribution in [2.24, 2.45) is 0 Å². The lowest BCUT2D eigenvalue weighted by atomic mass is 10.0. The highest BCUT2D eigenvalue weighted by molar-refractivity contribution is 6.29. The third kappa shape index (κ3) is 4.88. The molecule has 3 aromatic rings. The fourth-order valence-electron chi connectivity index (χ4n) is 3.26. The van der Waals surface area contributed by atoms with Gasteiger partial charge in [-0.2, -0.15) is 5.26 Å². The van der Waals surface area contributed by atoms with Crippen molar-refractivity contribution in [1.29, 1.82) is 5.26 Å². The molecule has 0 saturated heterocycles. The molecule has 0 radical (unpaired) electrons. The fourth-order valence-corrected chi connectivity index (χ4v) is 3.26. The van der Waals surface area contributed by atoms with Crippen molar-refractivity contribution in [2.45, 2.75) is 6.92 Å². The molecule has 0 aliphatic carbocycles. The minimum Gasteiger partial charge on any atom is -0.493 e. The summed E-state index contributed by atoms with van der Waals surface area (Å²) in [6.07, 6.45) is 1.68. The summed E-state index contributed by atoms with van der Waals surface area (Å²) in [6.45, 7) is 1.51. The molecule has 0 saturated carbocycles. The van der Waals surface area contributed by atoms with Crippen LogP contribution in [0.25, 0.3) is 11.6 Å². The highest BCUT2D eigenvalue weighted by Gasteiger charge is 2.26. The Bertz CT molecular complexity index is 1250. The van der Waals surface area contributed by atoms with E-state index in [9.17, 15) is 14.9 Å². The van der Waals surface area contributed by atoms with Gasteiger partial charge in [0, 0.05) is 5.57 Å². The third-order valence-electron chi connectivity index (χ3n) is 4.86. The average Bonchev–Trinajstić information content (AvgIpc) is 3.16. The number of rotatable bonds is 7. The molecule has 8 nitrogen and oxygen atoms in total. The van der Waals surface area contributed by atoms with Crippen LogP contribution >= 0.6 is 0 Å². The molecule has 2 aromatic carbocycles. The Morgan fingerprint density at radius 1 is 1.03 bits per heavy atom. The molecule has 168 valence electrons. The summed E-state index contributed by atoms with van der Waals surface area (Å²) in [7, 11) is 4.27. The average molecular weight is 446 g/mol. The second kappa shape index (κ2) is 10.2. The Labute approximate surface area is 191 Å². The molecular weight excluding hydrogens is 424 g/mol. The van der Waals surface area contributed by atoms with Crippen LogP contribution in [0.5, 0.6) is 11.5 Å². The second-order valence-electron chi connectivity index (χ2n) is 6.83. The first kappa shape index (κ1) is 23.2. The van der Waals surface area contributed by atoms with Crippen molar-refractivity contribution in [2.75, 3.05) is 26.6 Å². The van der Waals surface area contributed by atoms with Gasteiger partial charge in [0.15, 0.2) is 11.5 Å². The summed E-state index contributed by atoms with van der Waals surface area (Å²) in [5, 5.41) is 12.2. The first-order valence-electron chi connectivity index (χ1n) is 9.85. The predicted molar refractivity (Wildman–Crippen MR) is 122 cm³/mol. The monoisotopic (exact) mass is 446 g/mol. The quantitative estimate of drug-likeness (QED) is 0.324. The van der Waals surface area contributed by atoms with E-state index in [0.29, 0.717) is 28.2 Å². The van der Waals surface area contributed by atoms with Crippen LogP contribution < -0.4 is 14.8 Å². The van der Waals surface area contributed by atoms with E-state index in [1.807, 2.05) is 12.1 Å². The number of nitrogens with zero attached hydrogens (tertiary/aromatic N) is 1. The Balaban J connectivity index is 2.05. The van der Waals surface area contributed by atoms with Crippen molar-refractivity contribution >= 4 is 29.4 Å². The minimum absolute atomic E-state index is 0.0274. The minimum atomic E-state index is -0.725. The van der Waals surface area contributed by atoms with Crippen LogP contribution in [0.3, 0.4) is 0 Å². The lowest BCUT2D eigenvalue weighted by Gasteiger charge is -2.11. The Kier molecular flexibility index (Phi) is 7.16. The standard InChI is InChI=1S/C25H22N2O6/c1-15-22(25(29)32-4)19(14-26)24(33-15)27-23(28)18(17-8-6-5-7-9-17)12-16-10-11-20(30-2)21(13-16)31-3/h5-13H,1-4H3,(H,27,28)/b18-12+. The van der Waals surface area contributed by atoms with E-state index < -0.39 is 11.9 Å². The van der Waals surface area contributed by atoms with E-state index in [1.165, 1.54) is 28.3 Å². The van der Waals surface area contributed by atoms with Gasteiger partial charge in [0.1, 0.15) is 23.0 Å². The molecule has 8 heteroatoms. The molecular formula is C25H22N2O6. The number of hydrogen-bond donors (Lipinski definition) is 1. The first-order valence-corrected chi connectivity index (χ1v) is 9.85. The van der Waals surface area contributed by atoms with Gasteiger partial charge in [-0.25, -0.2) is 4.79 Å². The molecule has 0 aliphatic rings. The highest BCUT2D eigenvalue weighted by atomic mass is 16.5. The van der Waals surface area contributed by atoms with Crippen molar-refractivity contribution < 1.29 is 28.2 Å². The van der Waals surface area contributed by atoms with E-state index in [0.717, 1.165) is 0 Å². The van der Waals surface area contributed by atoms with Crippen LogP contribution in [-0.4, -0.2) is 33.2 Å². The van der Waals surface area contributed by atoms with E-state index in [4.69, 9.17) is 18.6 Å². The largest absolute Gasteiger partial charge is 0.493 e. The number of esters is 1. The van der Waals surface area contributed by atoms with E-state index in [1.54, 1.807) is 48.5 Å². The Hall–Kier alpha value is -4.51. The zero-order valence-corrected chi connectivity index (χ0v) is 18.6. The summed E-state index contributed by atoms with van der Waals surface area (Å²) in [6, 6.07) is 16.2. The number of furan rings is 1. The smallest absolute Gasteiger partial charge is 0.342 e. The number of aryl methyl sites for hydroxylation is 1. The second-order valence-corrected chi connectivity index (χ2v) is 6.83. The molecule has 1 N–H and O–H groups in total. The van der Waals surface area contributed by atoms with Gasteiger partial charge in [0.25, 0.3) is 5.91 Å². The van der Waals surface area contributed by atoms with Crippen LogP contribution in [0.15, 0.2) is 52.9 Å². The molecule has 0 spiro atoms. The third-order valence-corrected chi connectivity index (χ3v) is 4.86. The van der Waals surface area contributed by atoms with Crippen molar-refractivity contribution in [1.82, 2.24) is 0 Å². The lowest BCUT2D eigenvalue weighted by Crippen LogP contribution is -2.14. The molecule has 0 fully saturated rings. The molecule has 0 unspecified atom stereocenters. The Morgan fingerprint density at radius 2 is 1.73 bits per heavy atom. The van der Waals surface area contributed by atoms with Crippen molar-refractivity contribution in [3.8, 4) is 17.6 Å². The maximum Gasteiger partial charge on any atom is 0.342 e. The summed E-state index contributed by atoms with van der Waals surface area (Å²) in [4.78, 5) is 25.3. The van der Waals surface area contributed by atoms with Gasteiger partial charge >= 0.3 is 5.97 Å². The Morgan fingerprint density at radius 3 is 2.33 bits per heavy atom. The van der Waals surface area contributed by atoms with Crippen molar-refractivity contribution in [3.05, 3.63) is 76.5 Å². The normalized spacial score (nSPS) is 10.8. The molecule has 33 heavy (non-hydrogen) atoms. The predicted octanol–water partition coefficient (Wildman–Crippen LogP) is 4.44. The molecule has 0 atom stereocenters. The van der Waals surface area contributed by atoms with Crippen LogP contribution in [0, 0.1) is 18.3 Å². The van der Waals surface area contributed by atoms with E-state index >= 15 is 0 Å². The van der Waals surface area contributed by atoms with Gasteiger partial charge in [-0.05, 0) is 36.3 Å². The topological polar surface area (TPSA) is 111 Å². The number of amides is 1. The number of ether oxygens (including phenoxy) is 3. The van der Waals surface area contributed by atoms with Crippen LogP contribution in [-0.2, 0) is 9.53 Å². The zero-order valence-electron chi connectivity index (χ0n) is 18.6. The number of nitrogens with one attached hydrogen (secondary N) is 1. The van der Waals surface area contributed by atoms with Crippen LogP contribution in [0.1, 0.15) is 32.8 Å².